The minimum Gasteiger partial charge on any atom is -0.504 e. The van der Waals surface area contributed by atoms with Crippen molar-refractivity contribution < 1.29 is 9.84 Å². The van der Waals surface area contributed by atoms with Crippen LogP contribution in [0.2, 0.25) is 0 Å². The number of phenols is 1. The lowest BCUT2D eigenvalue weighted by Gasteiger charge is -2.26. The summed E-state index contributed by atoms with van der Waals surface area (Å²) in [5.41, 5.74) is 0.906. The lowest BCUT2D eigenvalue weighted by atomic mass is 9.83. The molecule has 0 unspecified atom stereocenters. The summed E-state index contributed by atoms with van der Waals surface area (Å²) < 4.78 is 5.12. The zero-order chi connectivity index (χ0) is 13.7. The molecule has 2 rings (SSSR count). The second-order valence-electron chi connectivity index (χ2n) is 5.72. The van der Waals surface area contributed by atoms with E-state index >= 15 is 0 Å². The van der Waals surface area contributed by atoms with Crippen molar-refractivity contribution in [2.24, 2.45) is 11.8 Å². The minimum atomic E-state index is 0.259. The standard InChI is InChI=1S/C16H25NO2/c1-12-6-8-13(9-7-12)10-17-11-14-4-3-5-15(19-2)16(14)18/h3-5,12-13,17-18H,6-11H2,1-2H3. The molecule has 0 atom stereocenters. The van der Waals surface area contributed by atoms with Gasteiger partial charge < -0.3 is 15.2 Å². The molecule has 1 aliphatic rings. The monoisotopic (exact) mass is 263 g/mol. The molecule has 2 N–H and O–H groups in total. The van der Waals surface area contributed by atoms with Crippen molar-refractivity contribution in [3.63, 3.8) is 0 Å². The van der Waals surface area contributed by atoms with E-state index in [9.17, 15) is 5.11 Å². The summed E-state index contributed by atoms with van der Waals surface area (Å²) in [4.78, 5) is 0. The summed E-state index contributed by atoms with van der Waals surface area (Å²) in [7, 11) is 1.58. The van der Waals surface area contributed by atoms with Crippen molar-refractivity contribution in [1.82, 2.24) is 5.32 Å². The molecule has 0 heterocycles. The second kappa shape index (κ2) is 6.80. The third kappa shape index (κ3) is 3.87. The normalized spacial score (nSPS) is 23.3. The molecule has 3 heteroatoms. The molecule has 1 aromatic carbocycles. The maximum Gasteiger partial charge on any atom is 0.162 e. The molecule has 1 saturated carbocycles. The molecule has 0 aromatic heterocycles. The van der Waals surface area contributed by atoms with Gasteiger partial charge in [-0.05, 0) is 37.3 Å². The fraction of sp³-hybridized carbons (Fsp3) is 0.625. The van der Waals surface area contributed by atoms with Gasteiger partial charge in [-0.25, -0.2) is 0 Å². The average Bonchev–Trinajstić information content (AvgIpc) is 2.43. The highest BCUT2D eigenvalue weighted by molar-refractivity contribution is 5.45. The maximum absolute atomic E-state index is 10.00. The molecule has 1 fully saturated rings. The van der Waals surface area contributed by atoms with Gasteiger partial charge in [-0.2, -0.15) is 0 Å². The van der Waals surface area contributed by atoms with Crippen LogP contribution in [0.4, 0.5) is 0 Å². The van der Waals surface area contributed by atoms with Gasteiger partial charge >= 0.3 is 0 Å². The summed E-state index contributed by atoms with van der Waals surface area (Å²) in [5.74, 6) is 2.50. The average molecular weight is 263 g/mol. The first-order valence-corrected chi connectivity index (χ1v) is 7.26. The van der Waals surface area contributed by atoms with Gasteiger partial charge in [-0.15, -0.1) is 0 Å². The molecule has 106 valence electrons. The summed E-state index contributed by atoms with van der Waals surface area (Å²) in [6.07, 6.45) is 5.38. The summed E-state index contributed by atoms with van der Waals surface area (Å²) >= 11 is 0. The van der Waals surface area contributed by atoms with Gasteiger partial charge in [0.15, 0.2) is 11.5 Å². The Morgan fingerprint density at radius 1 is 1.26 bits per heavy atom. The van der Waals surface area contributed by atoms with Gasteiger partial charge in [0.05, 0.1) is 7.11 Å². The third-order valence-corrected chi connectivity index (χ3v) is 4.19. The van der Waals surface area contributed by atoms with Crippen LogP contribution in [0.3, 0.4) is 0 Å². The largest absolute Gasteiger partial charge is 0.504 e. The fourth-order valence-electron chi connectivity index (χ4n) is 2.82. The highest BCUT2D eigenvalue weighted by Gasteiger charge is 2.17. The third-order valence-electron chi connectivity index (χ3n) is 4.19. The van der Waals surface area contributed by atoms with Crippen LogP contribution in [0.5, 0.6) is 11.5 Å². The number of para-hydroxylation sites is 1. The molecule has 1 aromatic rings. The Kier molecular flexibility index (Phi) is 5.08. The summed E-state index contributed by atoms with van der Waals surface area (Å²) in [5, 5.41) is 13.5. The summed E-state index contributed by atoms with van der Waals surface area (Å²) in [6.45, 7) is 4.09. The van der Waals surface area contributed by atoms with Crippen LogP contribution in [0, 0.1) is 11.8 Å². The predicted octanol–water partition coefficient (Wildman–Crippen LogP) is 3.32. The number of nitrogens with one attached hydrogen (secondary N) is 1. The Morgan fingerprint density at radius 2 is 2.00 bits per heavy atom. The summed E-state index contributed by atoms with van der Waals surface area (Å²) in [6, 6.07) is 5.63. The van der Waals surface area contributed by atoms with E-state index in [-0.39, 0.29) is 5.75 Å². The Hall–Kier alpha value is -1.22. The number of ether oxygens (including phenoxy) is 1. The molecule has 1 aliphatic carbocycles. The first-order chi connectivity index (χ1) is 9.20. The first kappa shape index (κ1) is 14.2. The zero-order valence-corrected chi connectivity index (χ0v) is 12.0. The van der Waals surface area contributed by atoms with Crippen molar-refractivity contribution in [3.8, 4) is 11.5 Å². The van der Waals surface area contributed by atoms with Gasteiger partial charge in [0.1, 0.15) is 0 Å². The number of benzene rings is 1. The molecule has 0 bridgehead atoms. The van der Waals surface area contributed by atoms with Crippen molar-refractivity contribution in [2.45, 2.75) is 39.2 Å². The van der Waals surface area contributed by atoms with E-state index in [1.165, 1.54) is 25.7 Å². The molecule has 3 nitrogen and oxygen atoms in total. The van der Waals surface area contributed by atoms with Crippen LogP contribution in [-0.4, -0.2) is 18.8 Å². The quantitative estimate of drug-likeness (QED) is 0.856. The molecule has 0 radical (unpaired) electrons. The van der Waals surface area contributed by atoms with E-state index in [0.717, 1.165) is 23.9 Å². The van der Waals surface area contributed by atoms with Crippen LogP contribution in [0.1, 0.15) is 38.2 Å². The molecule has 0 saturated heterocycles. The SMILES string of the molecule is COc1cccc(CNCC2CCC(C)CC2)c1O. The fourth-order valence-corrected chi connectivity index (χ4v) is 2.82. The van der Waals surface area contributed by atoms with Crippen molar-refractivity contribution >= 4 is 0 Å². The van der Waals surface area contributed by atoms with Crippen molar-refractivity contribution in [1.29, 1.82) is 0 Å². The van der Waals surface area contributed by atoms with E-state index in [4.69, 9.17) is 4.74 Å². The van der Waals surface area contributed by atoms with Crippen LogP contribution < -0.4 is 10.1 Å². The van der Waals surface area contributed by atoms with Crippen molar-refractivity contribution in [2.75, 3.05) is 13.7 Å². The number of phenolic OH excluding ortho intramolecular Hbond substituents is 1. The highest BCUT2D eigenvalue weighted by atomic mass is 16.5. The van der Waals surface area contributed by atoms with Gasteiger partial charge in [-0.3, -0.25) is 0 Å². The van der Waals surface area contributed by atoms with Crippen LogP contribution in [0.15, 0.2) is 18.2 Å². The van der Waals surface area contributed by atoms with Gasteiger partial charge in [0.2, 0.25) is 0 Å². The minimum absolute atomic E-state index is 0.259. The van der Waals surface area contributed by atoms with Crippen LogP contribution in [0.25, 0.3) is 0 Å². The number of rotatable bonds is 5. The highest BCUT2D eigenvalue weighted by Crippen LogP contribution is 2.30. The molecule has 0 aliphatic heterocycles. The Bertz CT molecular complexity index is 398. The molecular formula is C16H25NO2. The predicted molar refractivity (Wildman–Crippen MR) is 77.5 cm³/mol. The van der Waals surface area contributed by atoms with Gasteiger partial charge in [0, 0.05) is 12.1 Å². The molecule has 19 heavy (non-hydrogen) atoms. The lowest BCUT2D eigenvalue weighted by molar-refractivity contribution is 0.281. The number of hydrogen-bond acceptors (Lipinski definition) is 3. The molecule has 0 amide bonds. The van der Waals surface area contributed by atoms with Gasteiger partial charge in [-0.1, -0.05) is 31.9 Å². The van der Waals surface area contributed by atoms with E-state index in [1.54, 1.807) is 13.2 Å². The Labute approximate surface area is 116 Å². The van der Waals surface area contributed by atoms with Crippen LogP contribution >= 0.6 is 0 Å². The van der Waals surface area contributed by atoms with E-state index < -0.39 is 0 Å². The topological polar surface area (TPSA) is 41.5 Å². The maximum atomic E-state index is 10.00. The van der Waals surface area contributed by atoms with Gasteiger partial charge in [0.25, 0.3) is 0 Å². The second-order valence-corrected chi connectivity index (χ2v) is 5.72. The number of methoxy groups -OCH3 is 1. The van der Waals surface area contributed by atoms with Crippen LogP contribution in [-0.2, 0) is 6.54 Å². The smallest absolute Gasteiger partial charge is 0.162 e. The van der Waals surface area contributed by atoms with E-state index in [2.05, 4.69) is 12.2 Å². The first-order valence-electron chi connectivity index (χ1n) is 7.26. The van der Waals surface area contributed by atoms with E-state index in [1.807, 2.05) is 12.1 Å². The molecule has 0 spiro atoms. The van der Waals surface area contributed by atoms with Crippen molar-refractivity contribution in [3.05, 3.63) is 23.8 Å². The number of aromatic hydroxyl groups is 1. The zero-order valence-electron chi connectivity index (χ0n) is 12.0. The number of hydrogen-bond donors (Lipinski definition) is 2. The lowest BCUT2D eigenvalue weighted by Crippen LogP contribution is -2.25. The molecular weight excluding hydrogens is 238 g/mol. The Balaban J connectivity index is 1.79. The van der Waals surface area contributed by atoms with E-state index in [0.29, 0.717) is 12.3 Å². The Morgan fingerprint density at radius 3 is 2.68 bits per heavy atom.